The highest BCUT2D eigenvalue weighted by Gasteiger charge is 2.66. The highest BCUT2D eigenvalue weighted by molar-refractivity contribution is 7.91. The minimum Gasteiger partial charge on any atom is -0.497 e. The third-order valence-corrected chi connectivity index (χ3v) is 14.5. The summed E-state index contributed by atoms with van der Waals surface area (Å²) in [5.41, 5.74) is 5.78. The van der Waals surface area contributed by atoms with E-state index in [2.05, 4.69) is 38.3 Å². The van der Waals surface area contributed by atoms with Crippen LogP contribution in [0.25, 0.3) is 22.2 Å². The van der Waals surface area contributed by atoms with Crippen molar-refractivity contribution in [3.8, 4) is 17.0 Å². The molecule has 4 aliphatic heterocycles. The molecule has 2 aliphatic carbocycles. The molecule has 2 aromatic carbocycles. The fraction of sp³-hybridized carbons (Fsp3) is 0.579. The Balaban J connectivity index is 1.16. The molecule has 3 atom stereocenters. The molecular weight excluding hydrogens is 641 g/mol. The van der Waals surface area contributed by atoms with Crippen molar-refractivity contribution in [3.63, 3.8) is 0 Å². The van der Waals surface area contributed by atoms with Gasteiger partial charge in [0.1, 0.15) is 5.75 Å². The number of likely N-dealkylation sites (tertiary alicyclic amines) is 2. The molecule has 1 N–H and O–H groups in total. The summed E-state index contributed by atoms with van der Waals surface area (Å²) in [4.78, 5) is 32.7. The summed E-state index contributed by atoms with van der Waals surface area (Å²) in [6.07, 6.45) is 7.52. The maximum atomic E-state index is 14.8. The van der Waals surface area contributed by atoms with Crippen molar-refractivity contribution in [2.24, 2.45) is 16.7 Å². The molecule has 11 heteroatoms. The van der Waals surface area contributed by atoms with Gasteiger partial charge in [0.25, 0.3) is 5.91 Å². The molecule has 49 heavy (non-hydrogen) atoms. The van der Waals surface area contributed by atoms with Crippen molar-refractivity contribution in [1.82, 2.24) is 19.1 Å². The molecule has 260 valence electrons. The second-order valence-corrected chi connectivity index (χ2v) is 17.9. The van der Waals surface area contributed by atoms with Crippen LogP contribution in [0.15, 0.2) is 36.4 Å². The molecule has 5 fully saturated rings. The third kappa shape index (κ3) is 4.97. The molecule has 3 saturated heterocycles. The topological polar surface area (TPSA) is 110 Å². The smallest absolute Gasteiger partial charge is 0.264 e. The van der Waals surface area contributed by atoms with Crippen molar-refractivity contribution in [1.29, 1.82) is 0 Å². The van der Waals surface area contributed by atoms with Crippen LogP contribution >= 0.6 is 0 Å². The van der Waals surface area contributed by atoms with Gasteiger partial charge in [0.05, 0.1) is 37.2 Å². The first kappa shape index (κ1) is 31.6. The molecule has 3 unspecified atom stereocenters. The van der Waals surface area contributed by atoms with Crippen molar-refractivity contribution in [3.05, 3.63) is 53.1 Å². The summed E-state index contributed by atoms with van der Waals surface area (Å²) in [7, 11) is 0.159. The Morgan fingerprint density at radius 3 is 2.37 bits per heavy atom. The number of rotatable bonds is 6. The number of fused-ring (bicyclic) bond motifs is 5. The lowest BCUT2D eigenvalue weighted by molar-refractivity contribution is -0.136. The van der Waals surface area contributed by atoms with E-state index in [0.29, 0.717) is 63.6 Å². The molecule has 6 aliphatic rings. The lowest BCUT2D eigenvalue weighted by atomic mass is 9.71. The normalized spacial score (nSPS) is 28.5. The van der Waals surface area contributed by atoms with E-state index in [9.17, 15) is 18.0 Å². The third-order valence-electron chi connectivity index (χ3n) is 12.7. The van der Waals surface area contributed by atoms with Crippen molar-refractivity contribution >= 4 is 32.7 Å². The fourth-order valence-electron chi connectivity index (χ4n) is 10.3. The van der Waals surface area contributed by atoms with Crippen LogP contribution in [-0.4, -0.2) is 93.4 Å². The molecule has 10 nitrogen and oxygen atoms in total. The van der Waals surface area contributed by atoms with Crippen LogP contribution in [0.5, 0.6) is 5.75 Å². The van der Waals surface area contributed by atoms with Crippen molar-refractivity contribution in [2.45, 2.75) is 69.1 Å². The lowest BCUT2D eigenvalue weighted by Gasteiger charge is -2.28. The van der Waals surface area contributed by atoms with Gasteiger partial charge in [0, 0.05) is 65.6 Å². The van der Waals surface area contributed by atoms with Gasteiger partial charge in [0.2, 0.25) is 15.9 Å². The molecule has 2 saturated carbocycles. The van der Waals surface area contributed by atoms with Crippen LogP contribution in [0.4, 0.5) is 0 Å². The first-order valence-corrected chi connectivity index (χ1v) is 19.6. The van der Waals surface area contributed by atoms with Crippen LogP contribution < -0.4 is 9.46 Å². The van der Waals surface area contributed by atoms with E-state index in [0.717, 1.165) is 59.4 Å². The van der Waals surface area contributed by atoms with E-state index in [4.69, 9.17) is 9.47 Å². The zero-order chi connectivity index (χ0) is 33.7. The second-order valence-electron chi connectivity index (χ2n) is 16.0. The molecule has 9 rings (SSSR count). The van der Waals surface area contributed by atoms with Crippen LogP contribution in [0.1, 0.15) is 72.3 Å². The van der Waals surface area contributed by atoms with E-state index in [-0.39, 0.29) is 22.7 Å². The Kier molecular flexibility index (Phi) is 7.28. The van der Waals surface area contributed by atoms with Crippen LogP contribution in [0, 0.1) is 16.7 Å². The van der Waals surface area contributed by atoms with Gasteiger partial charge in [-0.25, -0.2) is 13.1 Å². The minimum atomic E-state index is -3.70. The quantitative estimate of drug-likeness (QED) is 0.406. The molecule has 0 spiro atoms. The number of sulfonamides is 1. The van der Waals surface area contributed by atoms with E-state index >= 15 is 0 Å². The number of carbonyl (C=O) groups is 2. The average molecular weight is 687 g/mol. The first-order valence-electron chi connectivity index (χ1n) is 18.0. The first-order chi connectivity index (χ1) is 23.6. The van der Waals surface area contributed by atoms with Gasteiger partial charge in [-0.2, -0.15) is 0 Å². The number of hydrogen-bond donors (Lipinski definition) is 1. The number of benzene rings is 2. The van der Waals surface area contributed by atoms with Gasteiger partial charge in [-0.1, -0.05) is 25.3 Å². The summed E-state index contributed by atoms with van der Waals surface area (Å²) in [6.45, 7) is 5.19. The number of methoxy groups -OCH3 is 1. The van der Waals surface area contributed by atoms with E-state index in [1.54, 1.807) is 13.2 Å². The summed E-state index contributed by atoms with van der Waals surface area (Å²) >= 11 is 0. The van der Waals surface area contributed by atoms with Gasteiger partial charge in [0.15, 0.2) is 0 Å². The Hall–Kier alpha value is -3.41. The van der Waals surface area contributed by atoms with Gasteiger partial charge in [-0.3, -0.25) is 9.59 Å². The van der Waals surface area contributed by atoms with Crippen LogP contribution in [0.3, 0.4) is 0 Å². The Morgan fingerprint density at radius 1 is 0.939 bits per heavy atom. The molecular formula is C38H46N4O6S. The summed E-state index contributed by atoms with van der Waals surface area (Å²) < 4.78 is 41.8. The fourth-order valence-corrected chi connectivity index (χ4v) is 11.6. The van der Waals surface area contributed by atoms with Crippen LogP contribution in [0.2, 0.25) is 0 Å². The predicted molar refractivity (Wildman–Crippen MR) is 186 cm³/mol. The Labute approximate surface area is 288 Å². The van der Waals surface area contributed by atoms with E-state index < -0.39 is 21.2 Å². The lowest BCUT2D eigenvalue weighted by Crippen LogP contribution is -2.42. The summed E-state index contributed by atoms with van der Waals surface area (Å²) in [5.74, 6) is 0.381. The number of nitrogens with one attached hydrogen (secondary N) is 1. The molecule has 0 bridgehead atoms. The summed E-state index contributed by atoms with van der Waals surface area (Å²) in [5, 5.41) is 0.597. The Morgan fingerprint density at radius 2 is 1.67 bits per heavy atom. The van der Waals surface area contributed by atoms with E-state index in [1.807, 2.05) is 18.2 Å². The zero-order valence-corrected chi connectivity index (χ0v) is 29.3. The highest BCUT2D eigenvalue weighted by Crippen LogP contribution is 2.56. The summed E-state index contributed by atoms with van der Waals surface area (Å²) in [6, 6.07) is 11.9. The number of ether oxygens (including phenoxy) is 2. The number of carbonyl (C=O) groups excluding carboxylic acids is 2. The SMILES string of the molecule is COc1ccc2c(c1)CC(C(=O)N1CC34COCC3(CN(C)C4)C1)Cn1c-2c(C2CCCCC2)c2ccc(C(=O)NS(=O)(=O)C3CC3)cc21. The maximum absolute atomic E-state index is 14.8. The molecule has 0 radical (unpaired) electrons. The second kappa shape index (κ2) is 11.3. The van der Waals surface area contributed by atoms with Gasteiger partial charge in [-0.05, 0) is 86.5 Å². The zero-order valence-electron chi connectivity index (χ0n) is 28.5. The number of amides is 2. The van der Waals surface area contributed by atoms with Crippen molar-refractivity contribution < 1.29 is 27.5 Å². The minimum absolute atomic E-state index is 0.0220. The number of hydrogen-bond acceptors (Lipinski definition) is 7. The average Bonchev–Trinajstić information content (AvgIpc) is 3.73. The van der Waals surface area contributed by atoms with Crippen LogP contribution in [-0.2, 0) is 32.5 Å². The van der Waals surface area contributed by atoms with Crippen molar-refractivity contribution in [2.75, 3.05) is 53.6 Å². The van der Waals surface area contributed by atoms with E-state index in [1.165, 1.54) is 24.8 Å². The number of nitrogens with zero attached hydrogens (tertiary/aromatic N) is 3. The molecule has 1 aromatic heterocycles. The molecule has 2 amide bonds. The highest BCUT2D eigenvalue weighted by atomic mass is 32.2. The standard InChI is InChI=1S/C38H46N4O6S/c1-40-18-37-20-41(21-38(37,19-40)23-48-22-37)36(44)27-14-26-15-28(47-2)9-13-30(26)34-33(24-6-4-3-5-7-24)31-12-8-25(16-32(31)42(34)17-27)35(43)39-49(45,46)29-10-11-29/h8-9,12-13,15-16,24,27,29H,3-7,10-11,14,17-23H2,1-2H3,(H,39,43). The Bertz CT molecular complexity index is 1960. The monoisotopic (exact) mass is 686 g/mol. The number of aromatic nitrogens is 1. The van der Waals surface area contributed by atoms with Gasteiger partial charge >= 0.3 is 0 Å². The van der Waals surface area contributed by atoms with Gasteiger partial charge < -0.3 is 23.8 Å². The largest absolute Gasteiger partial charge is 0.497 e. The molecule has 5 heterocycles. The maximum Gasteiger partial charge on any atom is 0.264 e. The molecule has 3 aromatic rings. The van der Waals surface area contributed by atoms with Gasteiger partial charge in [-0.15, -0.1) is 0 Å². The predicted octanol–water partition coefficient (Wildman–Crippen LogP) is 4.55.